The number of nitriles is 1. The molecule has 1 rings (SSSR count). The smallest absolute Gasteiger partial charge is 0.331 e. The molecule has 0 N–H and O–H groups in total. The third-order valence-corrected chi connectivity index (χ3v) is 2.19. The quantitative estimate of drug-likeness (QED) is 0.569. The van der Waals surface area contributed by atoms with Crippen LogP contribution >= 0.6 is 0 Å². The second-order valence-corrected chi connectivity index (χ2v) is 3.44. The summed E-state index contributed by atoms with van der Waals surface area (Å²) in [5.41, 5.74) is 0.780. The minimum atomic E-state index is -1.32. The van der Waals surface area contributed by atoms with Crippen LogP contribution in [0.15, 0.2) is 30.3 Å². The molecule has 0 heterocycles. The number of carbonyl (C=O) groups is 2. The molecule has 0 fully saturated rings. The molecule has 4 heteroatoms. The standard InChI is InChI=1S/C13H13NO3/c1-2-17-13(16)11(9-14)12(15)8-10-6-4-3-5-7-10/h3-7,11H,2,8H2,1H3. The van der Waals surface area contributed by atoms with Crippen LogP contribution in [0, 0.1) is 17.2 Å². The molecule has 88 valence electrons. The summed E-state index contributed by atoms with van der Waals surface area (Å²) in [7, 11) is 0. The van der Waals surface area contributed by atoms with Crippen molar-refractivity contribution in [2.75, 3.05) is 6.61 Å². The van der Waals surface area contributed by atoms with Gasteiger partial charge in [0.1, 0.15) is 0 Å². The topological polar surface area (TPSA) is 67.2 Å². The van der Waals surface area contributed by atoms with Crippen LogP contribution in [0.25, 0.3) is 0 Å². The van der Waals surface area contributed by atoms with Crippen LogP contribution in [-0.2, 0) is 20.7 Å². The molecule has 1 aromatic carbocycles. The van der Waals surface area contributed by atoms with E-state index in [0.29, 0.717) is 0 Å². The summed E-state index contributed by atoms with van der Waals surface area (Å²) < 4.78 is 4.67. The Hall–Kier alpha value is -2.15. The Morgan fingerprint density at radius 1 is 1.35 bits per heavy atom. The number of hydrogen-bond donors (Lipinski definition) is 0. The average Bonchev–Trinajstić information content (AvgIpc) is 2.31. The molecule has 0 bridgehead atoms. The molecule has 0 saturated carbocycles. The molecule has 1 unspecified atom stereocenters. The van der Waals surface area contributed by atoms with E-state index in [9.17, 15) is 9.59 Å². The highest BCUT2D eigenvalue weighted by atomic mass is 16.5. The molecule has 0 aromatic heterocycles. The lowest BCUT2D eigenvalue weighted by atomic mass is 9.99. The lowest BCUT2D eigenvalue weighted by Gasteiger charge is -2.07. The van der Waals surface area contributed by atoms with Gasteiger partial charge in [-0.3, -0.25) is 9.59 Å². The summed E-state index contributed by atoms with van der Waals surface area (Å²) in [4.78, 5) is 23.1. The molecule has 4 nitrogen and oxygen atoms in total. The van der Waals surface area contributed by atoms with E-state index < -0.39 is 17.7 Å². The predicted molar refractivity (Wildman–Crippen MR) is 60.9 cm³/mol. The van der Waals surface area contributed by atoms with Crippen molar-refractivity contribution in [3.8, 4) is 6.07 Å². The van der Waals surface area contributed by atoms with Gasteiger partial charge in [0.25, 0.3) is 0 Å². The van der Waals surface area contributed by atoms with Gasteiger partial charge in [0.05, 0.1) is 12.7 Å². The summed E-state index contributed by atoms with van der Waals surface area (Å²) in [5, 5.41) is 8.80. The number of Topliss-reactive ketones (excluding diaryl/α,β-unsaturated/α-hetero) is 1. The zero-order valence-corrected chi connectivity index (χ0v) is 9.55. The van der Waals surface area contributed by atoms with Crippen molar-refractivity contribution in [1.29, 1.82) is 5.26 Å². The molecule has 0 aliphatic carbocycles. The van der Waals surface area contributed by atoms with Crippen molar-refractivity contribution in [3.63, 3.8) is 0 Å². The summed E-state index contributed by atoms with van der Waals surface area (Å²) in [6.07, 6.45) is 0.0673. The van der Waals surface area contributed by atoms with E-state index in [0.717, 1.165) is 5.56 Å². The van der Waals surface area contributed by atoms with E-state index in [1.165, 1.54) is 0 Å². The lowest BCUT2D eigenvalue weighted by Crippen LogP contribution is -2.26. The highest BCUT2D eigenvalue weighted by Crippen LogP contribution is 2.07. The third kappa shape index (κ3) is 3.72. The van der Waals surface area contributed by atoms with Crippen LogP contribution < -0.4 is 0 Å². The highest BCUT2D eigenvalue weighted by Gasteiger charge is 2.27. The molecule has 17 heavy (non-hydrogen) atoms. The first-order chi connectivity index (χ1) is 8.19. The van der Waals surface area contributed by atoms with Crippen molar-refractivity contribution < 1.29 is 14.3 Å². The number of ketones is 1. The van der Waals surface area contributed by atoms with Gasteiger partial charge in [-0.25, -0.2) is 0 Å². The van der Waals surface area contributed by atoms with Gasteiger partial charge in [-0.1, -0.05) is 30.3 Å². The minimum absolute atomic E-state index is 0.0673. The Morgan fingerprint density at radius 2 is 2.00 bits per heavy atom. The van der Waals surface area contributed by atoms with Crippen molar-refractivity contribution in [3.05, 3.63) is 35.9 Å². The van der Waals surface area contributed by atoms with Gasteiger partial charge in [0.15, 0.2) is 5.78 Å². The average molecular weight is 231 g/mol. The highest BCUT2D eigenvalue weighted by molar-refractivity contribution is 6.02. The van der Waals surface area contributed by atoms with Gasteiger partial charge in [0, 0.05) is 6.42 Å². The van der Waals surface area contributed by atoms with Crippen molar-refractivity contribution in [1.82, 2.24) is 0 Å². The van der Waals surface area contributed by atoms with E-state index in [4.69, 9.17) is 5.26 Å². The summed E-state index contributed by atoms with van der Waals surface area (Å²) in [6, 6.07) is 10.7. The minimum Gasteiger partial charge on any atom is -0.465 e. The van der Waals surface area contributed by atoms with Crippen LogP contribution in [-0.4, -0.2) is 18.4 Å². The molecule has 0 aliphatic heterocycles. The first-order valence-electron chi connectivity index (χ1n) is 5.32. The van der Waals surface area contributed by atoms with E-state index in [1.54, 1.807) is 37.3 Å². The second kappa shape index (κ2) is 6.44. The van der Waals surface area contributed by atoms with Gasteiger partial charge in [-0.15, -0.1) is 0 Å². The zero-order chi connectivity index (χ0) is 12.7. The van der Waals surface area contributed by atoms with E-state index >= 15 is 0 Å². The number of rotatable bonds is 5. The number of nitrogens with zero attached hydrogens (tertiary/aromatic N) is 1. The fourth-order valence-electron chi connectivity index (χ4n) is 1.38. The van der Waals surface area contributed by atoms with Crippen molar-refractivity contribution in [2.45, 2.75) is 13.3 Å². The number of ether oxygens (including phenoxy) is 1. The molecular weight excluding hydrogens is 218 g/mol. The number of carbonyl (C=O) groups excluding carboxylic acids is 2. The monoisotopic (exact) mass is 231 g/mol. The Bertz CT molecular complexity index is 434. The lowest BCUT2D eigenvalue weighted by molar-refractivity contribution is -0.149. The fraction of sp³-hybridized carbons (Fsp3) is 0.308. The Morgan fingerprint density at radius 3 is 2.53 bits per heavy atom. The largest absolute Gasteiger partial charge is 0.465 e. The van der Waals surface area contributed by atoms with Crippen molar-refractivity contribution in [2.24, 2.45) is 5.92 Å². The molecule has 0 spiro atoms. The predicted octanol–water partition coefficient (Wildman–Crippen LogP) is 1.50. The fourth-order valence-corrected chi connectivity index (χ4v) is 1.38. The van der Waals surface area contributed by atoms with Crippen molar-refractivity contribution >= 4 is 11.8 Å². The third-order valence-electron chi connectivity index (χ3n) is 2.19. The SMILES string of the molecule is CCOC(=O)C(C#N)C(=O)Cc1ccccc1. The maximum atomic E-state index is 11.7. The van der Waals surface area contributed by atoms with Crippen LogP contribution in [0.1, 0.15) is 12.5 Å². The van der Waals surface area contributed by atoms with E-state index in [2.05, 4.69) is 4.74 Å². The molecule has 0 amide bonds. The number of hydrogen-bond acceptors (Lipinski definition) is 4. The van der Waals surface area contributed by atoms with Crippen LogP contribution in [0.5, 0.6) is 0 Å². The molecular formula is C13H13NO3. The molecule has 0 radical (unpaired) electrons. The first kappa shape index (κ1) is 12.9. The molecule has 1 atom stereocenters. The molecule has 0 aliphatic rings. The Labute approximate surface area is 99.8 Å². The number of benzene rings is 1. The Kier molecular flexibility index (Phi) is 4.89. The van der Waals surface area contributed by atoms with Crippen LogP contribution in [0.4, 0.5) is 0 Å². The summed E-state index contributed by atoms with van der Waals surface area (Å²) in [5.74, 6) is -2.52. The molecule has 0 saturated heterocycles. The van der Waals surface area contributed by atoms with Gasteiger partial charge in [-0.05, 0) is 12.5 Å². The van der Waals surface area contributed by atoms with E-state index in [-0.39, 0.29) is 13.0 Å². The normalized spacial score (nSPS) is 11.3. The van der Waals surface area contributed by atoms with Crippen LogP contribution in [0.2, 0.25) is 0 Å². The maximum absolute atomic E-state index is 11.7. The van der Waals surface area contributed by atoms with Gasteiger partial charge in [0.2, 0.25) is 5.92 Å². The van der Waals surface area contributed by atoms with Gasteiger partial charge >= 0.3 is 5.97 Å². The second-order valence-electron chi connectivity index (χ2n) is 3.44. The first-order valence-corrected chi connectivity index (χ1v) is 5.32. The maximum Gasteiger partial charge on any atom is 0.331 e. The molecule has 1 aromatic rings. The zero-order valence-electron chi connectivity index (χ0n) is 9.55. The van der Waals surface area contributed by atoms with Gasteiger partial charge in [-0.2, -0.15) is 5.26 Å². The van der Waals surface area contributed by atoms with Crippen LogP contribution in [0.3, 0.4) is 0 Å². The Balaban J connectivity index is 2.69. The summed E-state index contributed by atoms with van der Waals surface area (Å²) >= 11 is 0. The van der Waals surface area contributed by atoms with Gasteiger partial charge < -0.3 is 4.74 Å². The van der Waals surface area contributed by atoms with E-state index in [1.807, 2.05) is 6.07 Å². The number of esters is 1. The summed E-state index contributed by atoms with van der Waals surface area (Å²) in [6.45, 7) is 1.80.